The lowest BCUT2D eigenvalue weighted by Gasteiger charge is -2.41. The van der Waals surface area contributed by atoms with Gasteiger partial charge >= 0.3 is 7.12 Å². The minimum atomic E-state index is -2.82. The molecule has 0 unspecified atom stereocenters. The molecule has 1 saturated carbocycles. The van der Waals surface area contributed by atoms with Gasteiger partial charge in [0.15, 0.2) is 0 Å². The normalized spacial score (nSPS) is 28.9. The number of nitriles is 1. The summed E-state index contributed by atoms with van der Waals surface area (Å²) in [5.74, 6) is -2.82. The zero-order valence-electron chi connectivity index (χ0n) is 12.7. The van der Waals surface area contributed by atoms with Crippen molar-refractivity contribution in [3.05, 3.63) is 11.8 Å². The summed E-state index contributed by atoms with van der Waals surface area (Å²) in [7, 11) is -1.15. The van der Waals surface area contributed by atoms with Crippen molar-refractivity contribution in [3.8, 4) is 6.07 Å². The highest BCUT2D eigenvalue weighted by Gasteiger charge is 2.57. The van der Waals surface area contributed by atoms with Gasteiger partial charge in [0.05, 0.1) is 22.7 Å². The van der Waals surface area contributed by atoms with Gasteiger partial charge in [0.2, 0.25) is 0 Å². The number of halogens is 3. The van der Waals surface area contributed by atoms with Crippen LogP contribution in [0.3, 0.4) is 0 Å². The Morgan fingerprint density at radius 1 is 1.19 bits per heavy atom. The first-order chi connectivity index (χ1) is 9.42. The number of hydrogen-bond acceptors (Lipinski definition) is 3. The molecule has 0 aromatic rings. The number of alkyl halides is 2. The largest absolute Gasteiger partial charge is 0.524 e. The molecule has 21 heavy (non-hydrogen) atoms. The Hall–Kier alpha value is -0.995. The summed E-state index contributed by atoms with van der Waals surface area (Å²) in [5, 5.41) is 9.02. The quantitative estimate of drug-likeness (QED) is 0.745. The first-order valence-electron chi connectivity index (χ1n) is 6.92. The van der Waals surface area contributed by atoms with E-state index in [-0.39, 0.29) is 6.42 Å². The summed E-state index contributed by atoms with van der Waals surface area (Å²) < 4.78 is 51.0. The van der Waals surface area contributed by atoms with Crippen LogP contribution in [-0.4, -0.2) is 24.2 Å². The summed E-state index contributed by atoms with van der Waals surface area (Å²) in [4.78, 5) is 0. The van der Waals surface area contributed by atoms with Gasteiger partial charge in [-0.15, -0.1) is 0 Å². The van der Waals surface area contributed by atoms with Crippen molar-refractivity contribution in [2.24, 2.45) is 5.41 Å². The average molecular weight is 301 g/mol. The third-order valence-corrected chi connectivity index (χ3v) is 4.60. The monoisotopic (exact) mass is 301 g/mol. The fourth-order valence-corrected chi connectivity index (χ4v) is 2.55. The van der Waals surface area contributed by atoms with E-state index < -0.39 is 48.2 Å². The van der Waals surface area contributed by atoms with Gasteiger partial charge in [-0.05, 0) is 34.1 Å². The molecule has 0 bridgehead atoms. The van der Waals surface area contributed by atoms with Crippen molar-refractivity contribution in [3.63, 3.8) is 0 Å². The van der Waals surface area contributed by atoms with Crippen molar-refractivity contribution in [1.82, 2.24) is 0 Å². The lowest BCUT2D eigenvalue weighted by Crippen LogP contribution is -2.44. The number of hydrogen-bond donors (Lipinski definition) is 0. The lowest BCUT2D eigenvalue weighted by molar-refractivity contribution is -0.137. The maximum Gasteiger partial charge on any atom is 0.524 e. The molecular formula is C14H19BF3NO2. The predicted octanol–water partition coefficient (Wildman–Crippen LogP) is 3.80. The zero-order chi connectivity index (χ0) is 16.1. The number of rotatable bonds is 3. The van der Waals surface area contributed by atoms with Crippen LogP contribution in [0.15, 0.2) is 11.8 Å². The minimum absolute atomic E-state index is 0.0605. The van der Waals surface area contributed by atoms with E-state index in [1.54, 1.807) is 27.7 Å². The highest BCUT2D eigenvalue weighted by molar-refractivity contribution is 6.53. The standard InChI is InChI=1S/C14H19BF3NO2/c1-11(2)12(3,4)21-15(20-11)10(16)5-6-13(9-19)7-14(17,18)8-13/h5H,6-8H2,1-4H3. The third kappa shape index (κ3) is 2.97. The van der Waals surface area contributed by atoms with Crippen LogP contribution in [0.25, 0.3) is 0 Å². The first-order valence-corrected chi connectivity index (χ1v) is 6.92. The topological polar surface area (TPSA) is 42.2 Å². The molecule has 3 nitrogen and oxygen atoms in total. The summed E-state index contributed by atoms with van der Waals surface area (Å²) in [6.07, 6.45) is 0.0307. The van der Waals surface area contributed by atoms with Crippen LogP contribution in [0.4, 0.5) is 13.2 Å². The second-order valence-corrected chi connectivity index (χ2v) is 6.98. The van der Waals surface area contributed by atoms with Gasteiger partial charge in [0.25, 0.3) is 5.92 Å². The highest BCUT2D eigenvalue weighted by atomic mass is 19.3. The van der Waals surface area contributed by atoms with Crippen LogP contribution in [-0.2, 0) is 9.31 Å². The molecule has 1 aliphatic heterocycles. The van der Waals surface area contributed by atoms with Crippen LogP contribution in [0.2, 0.25) is 0 Å². The molecule has 2 fully saturated rings. The maximum atomic E-state index is 14.1. The smallest absolute Gasteiger partial charge is 0.398 e. The first kappa shape index (κ1) is 16.4. The summed E-state index contributed by atoms with van der Waals surface area (Å²) in [5.41, 5.74) is -3.18. The molecule has 0 amide bonds. The molecule has 0 atom stereocenters. The second kappa shape index (κ2) is 4.75. The Bertz CT molecular complexity index is 487. The minimum Gasteiger partial charge on any atom is -0.398 e. The van der Waals surface area contributed by atoms with E-state index in [9.17, 15) is 13.2 Å². The van der Waals surface area contributed by atoms with E-state index in [0.717, 1.165) is 6.08 Å². The van der Waals surface area contributed by atoms with E-state index in [1.165, 1.54) is 0 Å². The van der Waals surface area contributed by atoms with Gasteiger partial charge in [-0.25, -0.2) is 13.2 Å². The Morgan fingerprint density at radius 3 is 2.05 bits per heavy atom. The molecule has 1 aliphatic carbocycles. The van der Waals surface area contributed by atoms with Crippen LogP contribution in [0.5, 0.6) is 0 Å². The number of nitrogens with zero attached hydrogens (tertiary/aromatic N) is 1. The molecule has 1 heterocycles. The van der Waals surface area contributed by atoms with Crippen molar-refractivity contribution >= 4 is 7.12 Å². The highest BCUT2D eigenvalue weighted by Crippen LogP contribution is 2.54. The van der Waals surface area contributed by atoms with E-state index in [0.29, 0.717) is 0 Å². The zero-order valence-corrected chi connectivity index (χ0v) is 12.7. The van der Waals surface area contributed by atoms with Crippen LogP contribution in [0, 0.1) is 16.7 Å². The fraction of sp³-hybridized carbons (Fsp3) is 0.786. The van der Waals surface area contributed by atoms with Gasteiger partial charge in [-0.3, -0.25) is 0 Å². The molecule has 2 aliphatic rings. The van der Waals surface area contributed by atoms with Gasteiger partial charge < -0.3 is 9.31 Å². The molecule has 0 spiro atoms. The lowest BCUT2D eigenvalue weighted by atomic mass is 9.64. The summed E-state index contributed by atoms with van der Waals surface area (Å²) in [6, 6.07) is 1.88. The number of allylic oxidation sites excluding steroid dienone is 1. The van der Waals surface area contributed by atoms with Crippen molar-refractivity contribution in [2.75, 3.05) is 0 Å². The molecule has 0 aromatic carbocycles. The van der Waals surface area contributed by atoms with Gasteiger partial charge in [0.1, 0.15) is 5.73 Å². The molecule has 0 aromatic heterocycles. The summed E-state index contributed by atoms with van der Waals surface area (Å²) in [6.45, 7) is 7.18. The van der Waals surface area contributed by atoms with Crippen LogP contribution < -0.4 is 0 Å². The van der Waals surface area contributed by atoms with Gasteiger partial charge in [-0.1, -0.05) is 6.08 Å². The summed E-state index contributed by atoms with van der Waals surface area (Å²) >= 11 is 0. The molecule has 116 valence electrons. The van der Waals surface area contributed by atoms with E-state index in [1.807, 2.05) is 6.07 Å². The predicted molar refractivity (Wildman–Crippen MR) is 72.1 cm³/mol. The second-order valence-electron chi connectivity index (χ2n) is 6.98. The molecular weight excluding hydrogens is 282 g/mol. The van der Waals surface area contributed by atoms with Crippen molar-refractivity contribution in [2.45, 2.75) is 64.1 Å². The molecule has 1 saturated heterocycles. The average Bonchev–Trinajstić information content (AvgIpc) is 2.52. The van der Waals surface area contributed by atoms with Gasteiger partial charge in [-0.2, -0.15) is 5.26 Å². The van der Waals surface area contributed by atoms with Crippen LogP contribution >= 0.6 is 0 Å². The Kier molecular flexibility index (Phi) is 3.71. The Morgan fingerprint density at radius 2 is 1.67 bits per heavy atom. The SMILES string of the molecule is CC1(C)OB(C(F)=CCC2(C#N)CC(F)(F)C2)OC1(C)C. The third-order valence-electron chi connectivity index (χ3n) is 4.60. The molecule has 7 heteroatoms. The fourth-order valence-electron chi connectivity index (χ4n) is 2.55. The van der Waals surface area contributed by atoms with E-state index >= 15 is 0 Å². The van der Waals surface area contributed by atoms with Crippen molar-refractivity contribution < 1.29 is 22.5 Å². The Labute approximate surface area is 123 Å². The molecule has 0 radical (unpaired) electrons. The Balaban J connectivity index is 2.02. The molecule has 2 rings (SSSR count). The van der Waals surface area contributed by atoms with Gasteiger partial charge in [0, 0.05) is 12.8 Å². The van der Waals surface area contributed by atoms with E-state index in [2.05, 4.69) is 0 Å². The van der Waals surface area contributed by atoms with Crippen LogP contribution in [0.1, 0.15) is 47.0 Å². The maximum absolute atomic E-state index is 14.1. The van der Waals surface area contributed by atoms with Crippen molar-refractivity contribution in [1.29, 1.82) is 5.26 Å². The van der Waals surface area contributed by atoms with E-state index in [4.69, 9.17) is 14.6 Å². The molecule has 0 N–H and O–H groups in total.